The Kier molecular flexibility index (Phi) is 4.51. The minimum absolute atomic E-state index is 0.0728. The van der Waals surface area contributed by atoms with Gasteiger partial charge < -0.3 is 29.5 Å². The number of ether oxygens (including phenoxy) is 3. The van der Waals surface area contributed by atoms with Crippen molar-refractivity contribution in [3.63, 3.8) is 0 Å². The first-order chi connectivity index (χ1) is 14.6. The summed E-state index contributed by atoms with van der Waals surface area (Å²) in [4.78, 5) is 27.7. The number of nitrogens with one attached hydrogen (secondary N) is 1. The first kappa shape index (κ1) is 18.7. The van der Waals surface area contributed by atoms with E-state index in [4.69, 9.17) is 19.3 Å². The average molecular weight is 410 g/mol. The zero-order chi connectivity index (χ0) is 20.7. The van der Waals surface area contributed by atoms with Crippen molar-refractivity contribution >= 4 is 17.5 Å². The van der Waals surface area contributed by atoms with E-state index in [1.807, 2.05) is 30.3 Å². The van der Waals surface area contributed by atoms with Gasteiger partial charge in [-0.2, -0.15) is 0 Å². The van der Waals surface area contributed by atoms with E-state index in [0.29, 0.717) is 42.3 Å². The molecule has 2 aromatic rings. The van der Waals surface area contributed by atoms with Crippen LogP contribution in [-0.4, -0.2) is 50.0 Å². The monoisotopic (exact) mass is 410 g/mol. The molecule has 30 heavy (non-hydrogen) atoms. The Bertz CT molecular complexity index is 1020. The number of amides is 2. The first-order valence-corrected chi connectivity index (χ1v) is 10.0. The predicted molar refractivity (Wildman–Crippen MR) is 107 cm³/mol. The molecule has 3 heterocycles. The van der Waals surface area contributed by atoms with Crippen LogP contribution in [-0.2, 0) is 15.0 Å². The van der Waals surface area contributed by atoms with E-state index in [9.17, 15) is 9.59 Å². The van der Waals surface area contributed by atoms with Gasteiger partial charge in [-0.05, 0) is 30.5 Å². The van der Waals surface area contributed by atoms with E-state index < -0.39 is 5.41 Å². The lowest BCUT2D eigenvalue weighted by atomic mass is 9.77. The molecule has 0 saturated carbocycles. The largest absolute Gasteiger partial charge is 0.491 e. The normalized spacial score (nSPS) is 20.3. The fourth-order valence-corrected chi connectivity index (χ4v) is 4.39. The third kappa shape index (κ3) is 2.71. The van der Waals surface area contributed by atoms with Gasteiger partial charge in [0, 0.05) is 30.5 Å². The third-order valence-electron chi connectivity index (χ3n) is 5.85. The number of hydrogen-bond donors (Lipinski definition) is 2. The summed E-state index contributed by atoms with van der Waals surface area (Å²) in [5, 5.41) is 11.7. The second kappa shape index (κ2) is 7.21. The van der Waals surface area contributed by atoms with Crippen LogP contribution in [0.4, 0.5) is 5.69 Å². The number of aliphatic hydroxyl groups excluding tert-OH is 1. The molecule has 1 atom stereocenters. The van der Waals surface area contributed by atoms with Crippen molar-refractivity contribution in [1.29, 1.82) is 0 Å². The number of unbranched alkanes of at least 4 members (excludes halogenated alkanes) is 1. The Labute approximate surface area is 173 Å². The number of rotatable bonds is 6. The Hall–Kier alpha value is -3.26. The molecule has 0 bridgehead atoms. The molecule has 8 heteroatoms. The SMILES string of the molecule is O=C(CN1C(=O)C2(COc3cc4c(cc32)OCO4)c2ccccc21)NCCCCO. The van der Waals surface area contributed by atoms with Gasteiger partial charge in [0.15, 0.2) is 11.5 Å². The van der Waals surface area contributed by atoms with E-state index in [1.165, 1.54) is 4.90 Å². The summed E-state index contributed by atoms with van der Waals surface area (Å²) in [5.41, 5.74) is 1.25. The van der Waals surface area contributed by atoms with Crippen LogP contribution in [0.1, 0.15) is 24.0 Å². The fraction of sp³-hybridized carbons (Fsp3) is 0.364. The summed E-state index contributed by atoms with van der Waals surface area (Å²) in [6, 6.07) is 11.1. The van der Waals surface area contributed by atoms with Gasteiger partial charge >= 0.3 is 0 Å². The van der Waals surface area contributed by atoms with E-state index in [1.54, 1.807) is 6.07 Å². The van der Waals surface area contributed by atoms with Crippen LogP contribution in [0, 0.1) is 0 Å². The van der Waals surface area contributed by atoms with E-state index >= 15 is 0 Å². The number of carbonyl (C=O) groups is 2. The quantitative estimate of drug-likeness (QED) is 0.698. The van der Waals surface area contributed by atoms with Gasteiger partial charge in [-0.15, -0.1) is 0 Å². The van der Waals surface area contributed by atoms with Crippen molar-refractivity contribution in [3.05, 3.63) is 47.5 Å². The lowest BCUT2D eigenvalue weighted by Gasteiger charge is -2.23. The summed E-state index contributed by atoms with van der Waals surface area (Å²) < 4.78 is 16.9. The highest BCUT2D eigenvalue weighted by molar-refractivity contribution is 6.13. The second-order valence-corrected chi connectivity index (χ2v) is 7.58. The number of aliphatic hydroxyl groups is 1. The molecule has 2 amide bonds. The number of nitrogens with zero attached hydrogens (tertiary/aromatic N) is 1. The maximum absolute atomic E-state index is 13.7. The molecule has 1 spiro atoms. The molecule has 3 aliphatic heterocycles. The van der Waals surface area contributed by atoms with Crippen LogP contribution in [0.3, 0.4) is 0 Å². The van der Waals surface area contributed by atoms with E-state index in [0.717, 1.165) is 11.1 Å². The van der Waals surface area contributed by atoms with Gasteiger partial charge in [0.2, 0.25) is 18.6 Å². The van der Waals surface area contributed by atoms with Gasteiger partial charge in [-0.3, -0.25) is 9.59 Å². The molecule has 156 valence electrons. The lowest BCUT2D eigenvalue weighted by molar-refractivity contribution is -0.125. The standard InChI is InChI=1S/C22H22N2O6/c25-8-4-3-7-23-20(26)11-24-16-6-2-1-5-14(16)22(21(24)27)12-28-17-10-19-18(9-15(17)22)29-13-30-19/h1-2,5-6,9-10,25H,3-4,7-8,11-13H2,(H,23,26). The minimum Gasteiger partial charge on any atom is -0.491 e. The molecule has 0 aliphatic carbocycles. The van der Waals surface area contributed by atoms with E-state index in [2.05, 4.69) is 5.32 Å². The van der Waals surface area contributed by atoms with Gasteiger partial charge in [0.1, 0.15) is 24.3 Å². The summed E-state index contributed by atoms with van der Waals surface area (Å²) in [6.45, 7) is 0.780. The Morgan fingerprint density at radius 3 is 2.70 bits per heavy atom. The molecular weight excluding hydrogens is 388 g/mol. The van der Waals surface area contributed by atoms with E-state index in [-0.39, 0.29) is 38.4 Å². The Balaban J connectivity index is 1.48. The van der Waals surface area contributed by atoms with Crippen molar-refractivity contribution in [3.8, 4) is 17.2 Å². The molecule has 2 aromatic carbocycles. The van der Waals surface area contributed by atoms with Crippen molar-refractivity contribution in [2.45, 2.75) is 18.3 Å². The zero-order valence-corrected chi connectivity index (χ0v) is 16.3. The first-order valence-electron chi connectivity index (χ1n) is 10.0. The maximum Gasteiger partial charge on any atom is 0.246 e. The van der Waals surface area contributed by atoms with Crippen LogP contribution >= 0.6 is 0 Å². The summed E-state index contributed by atoms with van der Waals surface area (Å²) >= 11 is 0. The summed E-state index contributed by atoms with van der Waals surface area (Å²) in [6.07, 6.45) is 1.31. The average Bonchev–Trinajstić information content (AvgIpc) is 3.43. The summed E-state index contributed by atoms with van der Waals surface area (Å²) in [7, 11) is 0. The van der Waals surface area contributed by atoms with Crippen LogP contribution in [0.2, 0.25) is 0 Å². The number of benzene rings is 2. The molecule has 2 N–H and O–H groups in total. The van der Waals surface area contributed by atoms with Crippen LogP contribution in [0.25, 0.3) is 0 Å². The molecule has 1 unspecified atom stereocenters. The Morgan fingerprint density at radius 2 is 1.87 bits per heavy atom. The topological polar surface area (TPSA) is 97.3 Å². The van der Waals surface area contributed by atoms with Crippen molar-refractivity contribution in [2.75, 3.05) is 38.0 Å². The predicted octanol–water partition coefficient (Wildman–Crippen LogP) is 1.33. The van der Waals surface area contributed by atoms with Crippen LogP contribution in [0.5, 0.6) is 17.2 Å². The molecule has 0 fully saturated rings. The molecule has 0 radical (unpaired) electrons. The highest BCUT2D eigenvalue weighted by Crippen LogP contribution is 2.54. The van der Waals surface area contributed by atoms with Crippen molar-refractivity contribution < 1.29 is 28.9 Å². The molecule has 3 aliphatic rings. The number of anilines is 1. The highest BCUT2D eigenvalue weighted by atomic mass is 16.7. The van der Waals surface area contributed by atoms with Crippen LogP contribution in [0.15, 0.2) is 36.4 Å². The maximum atomic E-state index is 13.7. The lowest BCUT2D eigenvalue weighted by Crippen LogP contribution is -2.46. The number of fused-ring (bicyclic) bond motifs is 5. The van der Waals surface area contributed by atoms with Gasteiger partial charge in [-0.1, -0.05) is 18.2 Å². The molecular formula is C22H22N2O6. The third-order valence-corrected chi connectivity index (χ3v) is 5.85. The van der Waals surface area contributed by atoms with Gasteiger partial charge in [-0.25, -0.2) is 0 Å². The fourth-order valence-electron chi connectivity index (χ4n) is 4.39. The number of hydrogen-bond acceptors (Lipinski definition) is 6. The highest BCUT2D eigenvalue weighted by Gasteiger charge is 2.57. The summed E-state index contributed by atoms with van der Waals surface area (Å²) in [5.74, 6) is 1.36. The molecule has 8 nitrogen and oxygen atoms in total. The minimum atomic E-state index is -1.01. The van der Waals surface area contributed by atoms with Crippen molar-refractivity contribution in [2.24, 2.45) is 0 Å². The van der Waals surface area contributed by atoms with Crippen LogP contribution < -0.4 is 24.4 Å². The van der Waals surface area contributed by atoms with Gasteiger partial charge in [0.25, 0.3) is 0 Å². The van der Waals surface area contributed by atoms with Gasteiger partial charge in [0.05, 0.1) is 0 Å². The molecule has 0 saturated heterocycles. The molecule has 5 rings (SSSR count). The second-order valence-electron chi connectivity index (χ2n) is 7.58. The number of para-hydroxylation sites is 1. The zero-order valence-electron chi connectivity index (χ0n) is 16.3. The molecule has 0 aromatic heterocycles. The van der Waals surface area contributed by atoms with Crippen molar-refractivity contribution in [1.82, 2.24) is 5.32 Å². The number of carbonyl (C=O) groups excluding carboxylic acids is 2. The smallest absolute Gasteiger partial charge is 0.246 e. The Morgan fingerprint density at radius 1 is 1.07 bits per heavy atom.